The van der Waals surface area contributed by atoms with Gasteiger partial charge in [-0.25, -0.2) is 8.42 Å². The molecule has 11 nitrogen and oxygen atoms in total. The van der Waals surface area contributed by atoms with Crippen LogP contribution in [-0.4, -0.2) is 99.3 Å². The molecule has 2 fully saturated rings. The lowest BCUT2D eigenvalue weighted by Crippen LogP contribution is -2.62. The van der Waals surface area contributed by atoms with Crippen molar-refractivity contribution in [1.29, 1.82) is 0 Å². The van der Waals surface area contributed by atoms with Crippen LogP contribution in [0.5, 0.6) is 5.75 Å². The number of piperazine rings is 1. The van der Waals surface area contributed by atoms with Crippen molar-refractivity contribution < 1.29 is 32.3 Å². The maximum absolute atomic E-state index is 14.0. The SMILES string of the molecule is CC(C)(C)CC(=O)N[C@@H]1CC[C@H]2CCOc3ccccc3C(=O)N3CCN(Cc4ccc(S(C)(=O)=O)cc4)C[C@H]3C(=O)NC[C@H]1O2. The Kier molecular flexibility index (Phi) is 10.4. The van der Waals surface area contributed by atoms with Crippen molar-refractivity contribution in [2.24, 2.45) is 5.41 Å². The monoisotopic (exact) mass is 654 g/mol. The maximum Gasteiger partial charge on any atom is 0.258 e. The van der Waals surface area contributed by atoms with Crippen LogP contribution in [0.2, 0.25) is 0 Å². The normalized spacial score (nSPS) is 24.9. The molecule has 0 aliphatic carbocycles. The fourth-order valence-corrected chi connectivity index (χ4v) is 6.99. The van der Waals surface area contributed by atoms with Crippen LogP contribution in [0.25, 0.3) is 0 Å². The molecule has 2 N–H and O–H groups in total. The lowest BCUT2D eigenvalue weighted by atomic mass is 9.91. The van der Waals surface area contributed by atoms with E-state index in [1.807, 2.05) is 26.8 Å². The van der Waals surface area contributed by atoms with Crippen LogP contribution in [0.15, 0.2) is 53.4 Å². The number of hydrogen-bond acceptors (Lipinski definition) is 8. The van der Waals surface area contributed by atoms with Crippen molar-refractivity contribution >= 4 is 27.6 Å². The predicted octanol–water partition coefficient (Wildman–Crippen LogP) is 2.78. The van der Waals surface area contributed by atoms with Crippen molar-refractivity contribution in [3.05, 3.63) is 59.7 Å². The second-order valence-electron chi connectivity index (χ2n) is 13.8. The van der Waals surface area contributed by atoms with Gasteiger partial charge in [0, 0.05) is 51.8 Å². The van der Waals surface area contributed by atoms with Gasteiger partial charge in [0.1, 0.15) is 11.8 Å². The number of benzene rings is 2. The van der Waals surface area contributed by atoms with Gasteiger partial charge < -0.3 is 25.0 Å². The van der Waals surface area contributed by atoms with E-state index < -0.39 is 22.0 Å². The van der Waals surface area contributed by atoms with E-state index >= 15 is 0 Å². The number of sulfone groups is 1. The number of carbonyl (C=O) groups excluding carboxylic acids is 3. The molecule has 0 aromatic heterocycles. The van der Waals surface area contributed by atoms with Crippen LogP contribution in [-0.2, 0) is 30.7 Å². The van der Waals surface area contributed by atoms with Gasteiger partial charge in [0.25, 0.3) is 5.91 Å². The molecule has 2 aromatic rings. The van der Waals surface area contributed by atoms with Gasteiger partial charge in [0.2, 0.25) is 11.8 Å². The number of rotatable bonds is 5. The van der Waals surface area contributed by atoms with Crippen molar-refractivity contribution in [2.45, 2.75) is 82.2 Å². The zero-order valence-electron chi connectivity index (χ0n) is 27.2. The number of para-hydroxylation sites is 1. The number of amides is 3. The number of nitrogens with one attached hydrogen (secondary N) is 2. The van der Waals surface area contributed by atoms with E-state index in [2.05, 4.69) is 15.5 Å². The summed E-state index contributed by atoms with van der Waals surface area (Å²) in [6.45, 7) is 8.24. The van der Waals surface area contributed by atoms with Gasteiger partial charge in [-0.05, 0) is 48.1 Å². The second kappa shape index (κ2) is 14.1. The molecule has 2 aromatic carbocycles. The summed E-state index contributed by atoms with van der Waals surface area (Å²) in [6, 6.07) is 12.8. The Bertz CT molecular complexity index is 1520. The van der Waals surface area contributed by atoms with Gasteiger partial charge in [0.15, 0.2) is 9.84 Å². The highest BCUT2D eigenvalue weighted by Crippen LogP contribution is 2.27. The Balaban J connectivity index is 1.37. The molecular formula is C34H46N4O7S. The summed E-state index contributed by atoms with van der Waals surface area (Å²) in [5, 5.41) is 6.21. The molecule has 2 bridgehead atoms. The molecule has 0 unspecified atom stereocenters. The summed E-state index contributed by atoms with van der Waals surface area (Å²) in [4.78, 5) is 44.7. The Morgan fingerprint density at radius 2 is 1.76 bits per heavy atom. The summed E-state index contributed by atoms with van der Waals surface area (Å²) in [7, 11) is -3.31. The van der Waals surface area contributed by atoms with Gasteiger partial charge in [-0.1, -0.05) is 45.0 Å². The smallest absolute Gasteiger partial charge is 0.258 e. The van der Waals surface area contributed by atoms with E-state index in [1.54, 1.807) is 47.4 Å². The molecule has 3 aliphatic heterocycles. The molecule has 0 saturated carbocycles. The van der Waals surface area contributed by atoms with Crippen molar-refractivity contribution in [3.8, 4) is 5.75 Å². The minimum Gasteiger partial charge on any atom is -0.493 e. The Morgan fingerprint density at radius 1 is 1.02 bits per heavy atom. The molecule has 3 amide bonds. The van der Waals surface area contributed by atoms with Crippen LogP contribution in [0.4, 0.5) is 0 Å². The Hall–Kier alpha value is -3.48. The van der Waals surface area contributed by atoms with Crippen molar-refractivity contribution in [1.82, 2.24) is 20.4 Å². The van der Waals surface area contributed by atoms with Gasteiger partial charge in [-0.15, -0.1) is 0 Å². The summed E-state index contributed by atoms with van der Waals surface area (Å²) >= 11 is 0. The first-order chi connectivity index (χ1) is 21.8. The van der Waals surface area contributed by atoms with Crippen LogP contribution in [0.3, 0.4) is 0 Å². The minimum atomic E-state index is -3.31. The lowest BCUT2D eigenvalue weighted by Gasteiger charge is -2.42. The van der Waals surface area contributed by atoms with Crippen LogP contribution >= 0.6 is 0 Å². The molecule has 12 heteroatoms. The van der Waals surface area contributed by atoms with Crippen molar-refractivity contribution in [3.63, 3.8) is 0 Å². The fourth-order valence-electron chi connectivity index (χ4n) is 6.36. The topological polar surface area (TPSA) is 134 Å². The number of carbonyl (C=O) groups is 3. The van der Waals surface area contributed by atoms with E-state index in [0.717, 1.165) is 18.4 Å². The standard InChI is InChI=1S/C34H46N4O7S/c1-34(2,3)19-31(39)36-27-14-11-24-15-18-44-29-8-6-5-7-26(29)33(41)38-17-16-37(22-28(38)32(40)35-20-30(27)45-24)21-23-9-12-25(13-10-23)46(4,42)43/h5-10,12-13,24,27-28,30H,11,14-22H2,1-4H3,(H,35,40)(H,36,39)/t24-,27+,28-,30+/m0/s1. The predicted molar refractivity (Wildman–Crippen MR) is 173 cm³/mol. The highest BCUT2D eigenvalue weighted by Gasteiger charge is 2.39. The zero-order valence-corrected chi connectivity index (χ0v) is 28.0. The summed E-state index contributed by atoms with van der Waals surface area (Å²) in [5.74, 6) is -0.147. The lowest BCUT2D eigenvalue weighted by molar-refractivity contribution is -0.131. The van der Waals surface area contributed by atoms with Crippen LogP contribution < -0.4 is 15.4 Å². The molecule has 0 spiro atoms. The molecular weight excluding hydrogens is 608 g/mol. The highest BCUT2D eigenvalue weighted by molar-refractivity contribution is 7.90. The van der Waals surface area contributed by atoms with E-state index in [4.69, 9.17) is 9.47 Å². The third kappa shape index (κ3) is 8.65. The quantitative estimate of drug-likeness (QED) is 0.503. The molecule has 3 aliphatic rings. The molecule has 2 saturated heterocycles. The highest BCUT2D eigenvalue weighted by atomic mass is 32.2. The summed E-state index contributed by atoms with van der Waals surface area (Å²) in [5.41, 5.74) is 1.15. The number of fused-ring (bicyclic) bond motifs is 4. The first-order valence-corrected chi connectivity index (χ1v) is 17.9. The summed E-state index contributed by atoms with van der Waals surface area (Å²) in [6.07, 6.45) is 3.09. The number of ether oxygens (including phenoxy) is 2. The van der Waals surface area contributed by atoms with Gasteiger partial charge in [0.05, 0.1) is 35.3 Å². The van der Waals surface area contributed by atoms with E-state index in [9.17, 15) is 22.8 Å². The van der Waals surface area contributed by atoms with Gasteiger partial charge in [-0.2, -0.15) is 0 Å². The van der Waals surface area contributed by atoms with Crippen LogP contribution in [0, 0.1) is 5.41 Å². The van der Waals surface area contributed by atoms with E-state index in [1.165, 1.54) is 6.26 Å². The molecule has 0 radical (unpaired) electrons. The second-order valence-corrected chi connectivity index (χ2v) is 15.8. The average molecular weight is 655 g/mol. The molecule has 5 rings (SSSR count). The van der Waals surface area contributed by atoms with Crippen LogP contribution in [0.1, 0.15) is 62.4 Å². The molecule has 46 heavy (non-hydrogen) atoms. The molecule has 3 heterocycles. The third-order valence-corrected chi connectivity index (χ3v) is 9.86. The fraction of sp³-hybridized carbons (Fsp3) is 0.559. The first kappa shape index (κ1) is 33.9. The van der Waals surface area contributed by atoms with E-state index in [-0.39, 0.29) is 53.3 Å². The number of nitrogens with zero attached hydrogens (tertiary/aromatic N) is 2. The average Bonchev–Trinajstić information content (AvgIpc) is 2.99. The largest absolute Gasteiger partial charge is 0.493 e. The number of hydrogen-bond donors (Lipinski definition) is 2. The van der Waals surface area contributed by atoms with Gasteiger partial charge >= 0.3 is 0 Å². The minimum absolute atomic E-state index is 0.0468. The van der Waals surface area contributed by atoms with E-state index in [0.29, 0.717) is 50.4 Å². The maximum atomic E-state index is 14.0. The molecule has 250 valence electrons. The first-order valence-electron chi connectivity index (χ1n) is 16.0. The third-order valence-electron chi connectivity index (χ3n) is 8.73. The Morgan fingerprint density at radius 3 is 2.48 bits per heavy atom. The molecule has 4 atom stereocenters. The Labute approximate surface area is 271 Å². The van der Waals surface area contributed by atoms with Crippen molar-refractivity contribution in [2.75, 3.05) is 39.0 Å². The van der Waals surface area contributed by atoms with Gasteiger partial charge in [-0.3, -0.25) is 19.3 Å². The summed E-state index contributed by atoms with van der Waals surface area (Å²) < 4.78 is 36.4. The zero-order chi connectivity index (χ0) is 33.1.